The molecule has 0 saturated heterocycles. The quantitative estimate of drug-likeness (QED) is 0.794. The molecule has 14 heavy (non-hydrogen) atoms. The first-order valence-electron chi connectivity index (χ1n) is 4.81. The van der Waals surface area contributed by atoms with Gasteiger partial charge in [0.05, 0.1) is 6.10 Å². The molecule has 0 radical (unpaired) electrons. The predicted molar refractivity (Wildman–Crippen MR) is 62.1 cm³/mol. The molecular formula is C11H16BrNO. The highest BCUT2D eigenvalue weighted by molar-refractivity contribution is 9.10. The largest absolute Gasteiger partial charge is 0.393 e. The van der Waals surface area contributed by atoms with Gasteiger partial charge in [0.15, 0.2) is 0 Å². The van der Waals surface area contributed by atoms with Crippen LogP contribution in [-0.2, 0) is 6.54 Å². The van der Waals surface area contributed by atoms with Crippen LogP contribution in [0.1, 0.15) is 18.9 Å². The van der Waals surface area contributed by atoms with E-state index in [9.17, 15) is 0 Å². The minimum atomic E-state index is -0.215. The molecule has 0 bridgehead atoms. The van der Waals surface area contributed by atoms with Gasteiger partial charge in [0, 0.05) is 11.0 Å². The van der Waals surface area contributed by atoms with E-state index in [0.717, 1.165) is 24.0 Å². The van der Waals surface area contributed by atoms with Gasteiger partial charge in [0.1, 0.15) is 0 Å². The molecule has 1 aromatic rings. The first-order chi connectivity index (χ1) is 6.68. The number of hydrogen-bond donors (Lipinski definition) is 2. The van der Waals surface area contributed by atoms with Crippen LogP contribution in [0.25, 0.3) is 0 Å². The van der Waals surface area contributed by atoms with Gasteiger partial charge in [0.25, 0.3) is 0 Å². The summed E-state index contributed by atoms with van der Waals surface area (Å²) in [5.41, 5.74) is 1.26. The third kappa shape index (κ3) is 4.74. The highest BCUT2D eigenvalue weighted by atomic mass is 79.9. The summed E-state index contributed by atoms with van der Waals surface area (Å²) in [7, 11) is 0. The molecule has 0 aliphatic heterocycles. The highest BCUT2D eigenvalue weighted by Crippen LogP contribution is 2.10. The number of benzene rings is 1. The van der Waals surface area contributed by atoms with Crippen molar-refractivity contribution in [2.45, 2.75) is 26.0 Å². The molecule has 0 amide bonds. The fourth-order valence-corrected chi connectivity index (χ4v) is 1.41. The van der Waals surface area contributed by atoms with Crippen molar-refractivity contribution in [2.24, 2.45) is 0 Å². The summed E-state index contributed by atoms with van der Waals surface area (Å²) in [5, 5.41) is 12.3. The second kappa shape index (κ2) is 6.17. The van der Waals surface area contributed by atoms with Gasteiger partial charge in [-0.15, -0.1) is 0 Å². The van der Waals surface area contributed by atoms with Gasteiger partial charge in [0.2, 0.25) is 0 Å². The second-order valence-electron chi connectivity index (χ2n) is 3.44. The van der Waals surface area contributed by atoms with Crippen LogP contribution in [0.15, 0.2) is 28.7 Å². The lowest BCUT2D eigenvalue weighted by atomic mass is 10.2. The Bertz CT molecular complexity index is 258. The molecule has 1 aromatic carbocycles. The van der Waals surface area contributed by atoms with Crippen molar-refractivity contribution in [3.8, 4) is 0 Å². The standard InChI is InChI=1S/C11H16BrNO/c1-9(14)6-7-13-8-10-2-4-11(12)5-3-10/h2-5,9,13-14H,6-8H2,1H3/t9-/m0/s1. The van der Waals surface area contributed by atoms with E-state index >= 15 is 0 Å². The molecule has 0 heterocycles. The minimum absolute atomic E-state index is 0.215. The lowest BCUT2D eigenvalue weighted by Gasteiger charge is -2.06. The third-order valence-electron chi connectivity index (χ3n) is 1.98. The van der Waals surface area contributed by atoms with E-state index in [0.29, 0.717) is 0 Å². The van der Waals surface area contributed by atoms with Crippen molar-refractivity contribution in [3.63, 3.8) is 0 Å². The predicted octanol–water partition coefficient (Wildman–Crippen LogP) is 2.31. The summed E-state index contributed by atoms with van der Waals surface area (Å²) in [6.45, 7) is 3.52. The highest BCUT2D eigenvalue weighted by Gasteiger charge is 1.95. The van der Waals surface area contributed by atoms with Crippen LogP contribution in [-0.4, -0.2) is 17.8 Å². The van der Waals surface area contributed by atoms with Crippen molar-refractivity contribution in [1.29, 1.82) is 0 Å². The van der Waals surface area contributed by atoms with Crippen LogP contribution < -0.4 is 5.32 Å². The summed E-state index contributed by atoms with van der Waals surface area (Å²) < 4.78 is 1.10. The summed E-state index contributed by atoms with van der Waals surface area (Å²) in [6, 6.07) is 8.23. The van der Waals surface area contributed by atoms with Crippen molar-refractivity contribution in [3.05, 3.63) is 34.3 Å². The smallest absolute Gasteiger partial charge is 0.0524 e. The van der Waals surface area contributed by atoms with Gasteiger partial charge in [-0.1, -0.05) is 28.1 Å². The average Bonchev–Trinajstić information content (AvgIpc) is 2.15. The van der Waals surface area contributed by atoms with Crippen molar-refractivity contribution in [2.75, 3.05) is 6.54 Å². The maximum atomic E-state index is 9.04. The van der Waals surface area contributed by atoms with E-state index in [4.69, 9.17) is 5.11 Å². The lowest BCUT2D eigenvalue weighted by Crippen LogP contribution is -2.18. The van der Waals surface area contributed by atoms with Crippen LogP contribution in [0.3, 0.4) is 0 Å². The second-order valence-corrected chi connectivity index (χ2v) is 4.36. The summed E-state index contributed by atoms with van der Waals surface area (Å²) >= 11 is 3.39. The Morgan fingerprint density at radius 2 is 2.00 bits per heavy atom. The minimum Gasteiger partial charge on any atom is -0.393 e. The van der Waals surface area contributed by atoms with E-state index in [1.807, 2.05) is 12.1 Å². The Hall–Kier alpha value is -0.380. The number of nitrogens with one attached hydrogen (secondary N) is 1. The third-order valence-corrected chi connectivity index (χ3v) is 2.51. The van der Waals surface area contributed by atoms with Crippen molar-refractivity contribution >= 4 is 15.9 Å². The zero-order chi connectivity index (χ0) is 10.4. The molecule has 0 aliphatic carbocycles. The van der Waals surface area contributed by atoms with E-state index in [2.05, 4.69) is 33.4 Å². The molecule has 0 saturated carbocycles. The number of aliphatic hydroxyl groups excluding tert-OH is 1. The topological polar surface area (TPSA) is 32.3 Å². The molecule has 1 atom stereocenters. The fourth-order valence-electron chi connectivity index (χ4n) is 1.15. The summed E-state index contributed by atoms with van der Waals surface area (Å²) in [6.07, 6.45) is 0.587. The molecule has 0 spiro atoms. The van der Waals surface area contributed by atoms with E-state index in [-0.39, 0.29) is 6.10 Å². The van der Waals surface area contributed by atoms with Crippen LogP contribution in [0, 0.1) is 0 Å². The zero-order valence-electron chi connectivity index (χ0n) is 8.33. The van der Waals surface area contributed by atoms with E-state index in [1.54, 1.807) is 6.92 Å². The van der Waals surface area contributed by atoms with Gasteiger partial charge in [-0.3, -0.25) is 0 Å². The molecule has 0 aromatic heterocycles. The number of rotatable bonds is 5. The van der Waals surface area contributed by atoms with Crippen LogP contribution in [0.2, 0.25) is 0 Å². The average molecular weight is 258 g/mol. The molecule has 0 fully saturated rings. The van der Waals surface area contributed by atoms with E-state index in [1.165, 1.54) is 5.56 Å². The summed E-state index contributed by atoms with van der Waals surface area (Å²) in [5.74, 6) is 0. The van der Waals surface area contributed by atoms with Gasteiger partial charge >= 0.3 is 0 Å². The molecule has 2 N–H and O–H groups in total. The zero-order valence-corrected chi connectivity index (χ0v) is 9.92. The normalized spacial score (nSPS) is 12.8. The monoisotopic (exact) mass is 257 g/mol. The Morgan fingerprint density at radius 3 is 2.57 bits per heavy atom. The van der Waals surface area contributed by atoms with Crippen molar-refractivity contribution < 1.29 is 5.11 Å². The first-order valence-corrected chi connectivity index (χ1v) is 5.61. The summed E-state index contributed by atoms with van der Waals surface area (Å²) in [4.78, 5) is 0. The Balaban J connectivity index is 2.21. The Morgan fingerprint density at radius 1 is 1.36 bits per heavy atom. The van der Waals surface area contributed by atoms with Crippen LogP contribution in [0.4, 0.5) is 0 Å². The molecule has 1 rings (SSSR count). The fraction of sp³-hybridized carbons (Fsp3) is 0.455. The van der Waals surface area contributed by atoms with Gasteiger partial charge in [-0.25, -0.2) is 0 Å². The number of aliphatic hydroxyl groups is 1. The molecule has 0 aliphatic rings. The molecule has 0 unspecified atom stereocenters. The molecule has 78 valence electrons. The van der Waals surface area contributed by atoms with Crippen LogP contribution in [0.5, 0.6) is 0 Å². The molecule has 2 nitrogen and oxygen atoms in total. The van der Waals surface area contributed by atoms with Gasteiger partial charge < -0.3 is 10.4 Å². The Kier molecular flexibility index (Phi) is 5.15. The molecule has 3 heteroatoms. The van der Waals surface area contributed by atoms with Gasteiger partial charge in [-0.2, -0.15) is 0 Å². The number of halogens is 1. The lowest BCUT2D eigenvalue weighted by molar-refractivity contribution is 0.183. The first kappa shape index (κ1) is 11.7. The maximum Gasteiger partial charge on any atom is 0.0524 e. The number of hydrogen-bond acceptors (Lipinski definition) is 2. The van der Waals surface area contributed by atoms with Crippen LogP contribution >= 0.6 is 15.9 Å². The maximum absolute atomic E-state index is 9.04. The van der Waals surface area contributed by atoms with Crippen molar-refractivity contribution in [1.82, 2.24) is 5.32 Å². The molecular weight excluding hydrogens is 242 g/mol. The van der Waals surface area contributed by atoms with Gasteiger partial charge in [-0.05, 0) is 37.6 Å². The Labute approximate surface area is 93.5 Å². The SMILES string of the molecule is C[C@H](O)CCNCc1ccc(Br)cc1. The van der Waals surface area contributed by atoms with E-state index < -0.39 is 0 Å².